The molecule has 0 aliphatic carbocycles. The van der Waals surface area contributed by atoms with Gasteiger partial charge in [-0.15, -0.1) is 0 Å². The number of rotatable bonds is 5. The Hall–Kier alpha value is -3.28. The summed E-state index contributed by atoms with van der Waals surface area (Å²) in [5, 5.41) is 0. The first-order chi connectivity index (χ1) is 12.5. The number of carbonyl (C=O) groups excluding carboxylic acids is 2. The number of hydrogen-bond acceptors (Lipinski definition) is 6. The fourth-order valence-corrected chi connectivity index (χ4v) is 2.52. The quantitative estimate of drug-likeness (QED) is 0.519. The van der Waals surface area contributed by atoms with E-state index in [4.69, 9.17) is 9.47 Å². The Bertz CT molecular complexity index is 998. The number of aryl methyl sites for hydroxylation is 2. The molecule has 0 fully saturated rings. The fourth-order valence-electron chi connectivity index (χ4n) is 2.52. The van der Waals surface area contributed by atoms with E-state index < -0.39 is 5.97 Å². The molecule has 0 aliphatic rings. The number of para-hydroxylation sites is 1. The Labute approximate surface area is 150 Å². The first kappa shape index (κ1) is 17.5. The predicted octanol–water partition coefficient (Wildman–Crippen LogP) is 3.29. The average Bonchev–Trinajstić information content (AvgIpc) is 2.66. The second-order valence-electron chi connectivity index (χ2n) is 5.80. The Balaban J connectivity index is 1.75. The third kappa shape index (κ3) is 3.54. The van der Waals surface area contributed by atoms with Crippen molar-refractivity contribution in [1.29, 1.82) is 0 Å². The lowest BCUT2D eigenvalue weighted by molar-refractivity contribution is 0.0474. The number of hydrogen-bond donors (Lipinski definition) is 0. The molecule has 0 atom stereocenters. The van der Waals surface area contributed by atoms with E-state index in [9.17, 15) is 9.59 Å². The molecule has 1 heterocycles. The van der Waals surface area contributed by atoms with E-state index in [1.54, 1.807) is 42.5 Å². The lowest BCUT2D eigenvalue weighted by Crippen LogP contribution is -2.15. The van der Waals surface area contributed by atoms with E-state index >= 15 is 0 Å². The molecule has 1 aromatic heterocycles. The number of esters is 1. The van der Waals surface area contributed by atoms with Crippen LogP contribution in [0.25, 0.3) is 11.0 Å². The summed E-state index contributed by atoms with van der Waals surface area (Å²) in [7, 11) is 1.48. The fraction of sp³-hybridized carbons (Fsp3) is 0.200. The maximum absolute atomic E-state index is 12.3. The predicted molar refractivity (Wildman–Crippen MR) is 96.6 cm³/mol. The van der Waals surface area contributed by atoms with Gasteiger partial charge in [0, 0.05) is 0 Å². The van der Waals surface area contributed by atoms with Crippen LogP contribution in [0.15, 0.2) is 42.5 Å². The van der Waals surface area contributed by atoms with E-state index in [2.05, 4.69) is 9.97 Å². The third-order valence-electron chi connectivity index (χ3n) is 4.05. The van der Waals surface area contributed by atoms with Gasteiger partial charge in [-0.25, -0.2) is 14.8 Å². The first-order valence-electron chi connectivity index (χ1n) is 8.08. The van der Waals surface area contributed by atoms with Crippen LogP contribution in [0.1, 0.15) is 32.1 Å². The molecule has 0 radical (unpaired) electrons. The van der Waals surface area contributed by atoms with Crippen molar-refractivity contribution in [2.75, 3.05) is 13.7 Å². The molecule has 0 unspecified atom stereocenters. The molecule has 0 N–H and O–H groups in total. The summed E-state index contributed by atoms with van der Waals surface area (Å²) in [5.74, 6) is -0.474. The van der Waals surface area contributed by atoms with Crippen molar-refractivity contribution in [1.82, 2.24) is 9.97 Å². The Morgan fingerprint density at radius 2 is 1.65 bits per heavy atom. The van der Waals surface area contributed by atoms with Gasteiger partial charge in [-0.1, -0.05) is 12.1 Å². The Morgan fingerprint density at radius 3 is 2.38 bits per heavy atom. The van der Waals surface area contributed by atoms with Crippen molar-refractivity contribution in [3.8, 4) is 5.75 Å². The first-order valence-corrected chi connectivity index (χ1v) is 8.08. The maximum Gasteiger partial charge on any atom is 0.338 e. The molecule has 6 heteroatoms. The van der Waals surface area contributed by atoms with Gasteiger partial charge in [0.05, 0.1) is 40.7 Å². The van der Waals surface area contributed by atoms with Crippen molar-refractivity contribution in [2.24, 2.45) is 0 Å². The molecule has 2 aromatic carbocycles. The molecule has 3 aromatic rings. The molecule has 26 heavy (non-hydrogen) atoms. The number of carbonyl (C=O) groups is 2. The summed E-state index contributed by atoms with van der Waals surface area (Å²) in [6.45, 7) is 3.38. The van der Waals surface area contributed by atoms with Crippen LogP contribution in [0, 0.1) is 13.8 Å². The lowest BCUT2D eigenvalue weighted by Gasteiger charge is -2.08. The number of benzene rings is 2. The summed E-state index contributed by atoms with van der Waals surface area (Å²) in [6.07, 6.45) is 0. The van der Waals surface area contributed by atoms with Crippen molar-refractivity contribution < 1.29 is 19.1 Å². The molecule has 0 saturated carbocycles. The van der Waals surface area contributed by atoms with Crippen molar-refractivity contribution in [3.63, 3.8) is 0 Å². The van der Waals surface area contributed by atoms with Gasteiger partial charge in [0.1, 0.15) is 5.75 Å². The van der Waals surface area contributed by atoms with Gasteiger partial charge in [0.25, 0.3) is 0 Å². The molecule has 0 spiro atoms. The zero-order valence-electron chi connectivity index (χ0n) is 14.8. The van der Waals surface area contributed by atoms with Crippen LogP contribution >= 0.6 is 0 Å². The molecule has 132 valence electrons. The van der Waals surface area contributed by atoms with Gasteiger partial charge < -0.3 is 9.47 Å². The number of aromatic nitrogens is 2. The Kier molecular flexibility index (Phi) is 4.93. The molecule has 0 amide bonds. The van der Waals surface area contributed by atoms with Crippen LogP contribution in [-0.4, -0.2) is 35.4 Å². The second kappa shape index (κ2) is 7.31. The molecular formula is C20H18N2O4. The van der Waals surface area contributed by atoms with E-state index in [-0.39, 0.29) is 12.4 Å². The minimum absolute atomic E-state index is 0.322. The molecule has 6 nitrogen and oxygen atoms in total. The third-order valence-corrected chi connectivity index (χ3v) is 4.05. The number of ether oxygens (including phenoxy) is 2. The number of fused-ring (bicyclic) bond motifs is 1. The topological polar surface area (TPSA) is 78.4 Å². The van der Waals surface area contributed by atoms with Crippen molar-refractivity contribution in [3.05, 3.63) is 65.0 Å². The van der Waals surface area contributed by atoms with Crippen LogP contribution in [-0.2, 0) is 4.74 Å². The van der Waals surface area contributed by atoms with E-state index in [0.29, 0.717) is 27.9 Å². The molecule has 0 saturated heterocycles. The van der Waals surface area contributed by atoms with Crippen LogP contribution in [0.4, 0.5) is 0 Å². The normalized spacial score (nSPS) is 10.6. The highest BCUT2D eigenvalue weighted by Crippen LogP contribution is 2.19. The maximum atomic E-state index is 12.3. The lowest BCUT2D eigenvalue weighted by atomic mass is 10.1. The summed E-state index contributed by atoms with van der Waals surface area (Å²) < 4.78 is 10.3. The largest absolute Gasteiger partial charge is 0.496 e. The van der Waals surface area contributed by atoms with E-state index in [1.165, 1.54) is 7.11 Å². The van der Waals surface area contributed by atoms with E-state index in [1.807, 2.05) is 13.8 Å². The van der Waals surface area contributed by atoms with Gasteiger partial charge in [-0.05, 0) is 44.2 Å². The van der Waals surface area contributed by atoms with Crippen LogP contribution in [0.3, 0.4) is 0 Å². The number of ketones is 1. The highest BCUT2D eigenvalue weighted by molar-refractivity contribution is 6.01. The number of nitrogens with zero attached hydrogens (tertiary/aromatic N) is 2. The molecule has 0 aliphatic heterocycles. The minimum atomic E-state index is -0.588. The van der Waals surface area contributed by atoms with Crippen LogP contribution < -0.4 is 4.74 Å². The Morgan fingerprint density at radius 1 is 0.962 bits per heavy atom. The minimum Gasteiger partial charge on any atom is -0.496 e. The van der Waals surface area contributed by atoms with Crippen molar-refractivity contribution >= 4 is 22.8 Å². The number of methoxy groups -OCH3 is 1. The summed E-state index contributed by atoms with van der Waals surface area (Å²) in [4.78, 5) is 33.4. The summed E-state index contributed by atoms with van der Waals surface area (Å²) in [6, 6.07) is 11.7. The van der Waals surface area contributed by atoms with Gasteiger partial charge in [-0.3, -0.25) is 4.79 Å². The van der Waals surface area contributed by atoms with Crippen LogP contribution in [0.2, 0.25) is 0 Å². The van der Waals surface area contributed by atoms with Gasteiger partial charge in [0.2, 0.25) is 5.78 Å². The molecular weight excluding hydrogens is 332 g/mol. The SMILES string of the molecule is COc1ccccc1C(=O)COC(=O)c1ccc2nc(C)c(C)nc2c1. The van der Waals surface area contributed by atoms with Crippen molar-refractivity contribution in [2.45, 2.75) is 13.8 Å². The highest BCUT2D eigenvalue weighted by Gasteiger charge is 2.16. The highest BCUT2D eigenvalue weighted by atomic mass is 16.5. The van der Waals surface area contributed by atoms with E-state index in [0.717, 1.165) is 11.4 Å². The summed E-state index contributed by atoms with van der Waals surface area (Å²) in [5.41, 5.74) is 3.65. The zero-order valence-corrected chi connectivity index (χ0v) is 14.8. The smallest absolute Gasteiger partial charge is 0.338 e. The number of Topliss-reactive ketones (excluding diaryl/α,β-unsaturated/α-hetero) is 1. The molecule has 0 bridgehead atoms. The average molecular weight is 350 g/mol. The standard InChI is InChI=1S/C20H18N2O4/c1-12-13(2)22-17-10-14(8-9-16(17)21-12)20(24)26-11-18(23)15-6-4-5-7-19(15)25-3/h4-10H,11H2,1-3H3. The van der Waals surface area contributed by atoms with Gasteiger partial charge >= 0.3 is 5.97 Å². The van der Waals surface area contributed by atoms with Gasteiger partial charge in [0.15, 0.2) is 6.61 Å². The monoisotopic (exact) mass is 350 g/mol. The second-order valence-corrected chi connectivity index (χ2v) is 5.80. The summed E-state index contributed by atoms with van der Waals surface area (Å²) >= 11 is 0. The zero-order chi connectivity index (χ0) is 18.7. The molecule has 3 rings (SSSR count). The van der Waals surface area contributed by atoms with Crippen LogP contribution in [0.5, 0.6) is 5.75 Å². The van der Waals surface area contributed by atoms with Gasteiger partial charge in [-0.2, -0.15) is 0 Å².